The lowest BCUT2D eigenvalue weighted by Gasteiger charge is -2.14. The van der Waals surface area contributed by atoms with E-state index in [2.05, 4.69) is 183 Å². The van der Waals surface area contributed by atoms with Crippen molar-refractivity contribution < 1.29 is 160 Å². The molecule has 0 aromatic carbocycles. The Balaban J connectivity index is -0.0000000520. The molecule has 0 heterocycles. The van der Waals surface area contributed by atoms with E-state index in [0.29, 0.717) is 0 Å². The maximum absolute atomic E-state index is 10.8. The van der Waals surface area contributed by atoms with E-state index in [1.165, 1.54) is 111 Å². The molecule has 0 saturated heterocycles. The van der Waals surface area contributed by atoms with Crippen LogP contribution in [0.1, 0.15) is 132 Å². The molecule has 0 aliphatic heterocycles. The van der Waals surface area contributed by atoms with Crippen molar-refractivity contribution in [3.63, 3.8) is 0 Å². The van der Waals surface area contributed by atoms with Crippen molar-refractivity contribution in [2.75, 3.05) is 50.1 Å². The fourth-order valence-corrected chi connectivity index (χ4v) is 3.83. The van der Waals surface area contributed by atoms with E-state index < -0.39 is 96.2 Å². The Hall–Kier alpha value is -6.97. The molecule has 0 saturated carbocycles. The average Bonchev–Trinajstić information content (AvgIpc) is 0.983. The number of hydrogen-bond acceptors (Lipinski definition) is 32. The molecule has 0 aromatic heterocycles. The highest BCUT2D eigenvalue weighted by atomic mass is 35.5. The first-order valence-corrected chi connectivity index (χ1v) is 31.8. The molecule has 11 N–H and O–H groups in total. The van der Waals surface area contributed by atoms with Crippen molar-refractivity contribution in [1.82, 2.24) is 26.6 Å². The highest BCUT2D eigenvalue weighted by molar-refractivity contribution is 7.80. The smallest absolute Gasteiger partial charge is 0.329 e. The van der Waals surface area contributed by atoms with Crippen LogP contribution in [-0.4, -0.2) is 238 Å². The molecule has 38 nitrogen and oxygen atoms in total. The van der Waals surface area contributed by atoms with Gasteiger partial charge in [-0.3, -0.25) is 91.1 Å². The Morgan fingerprint density at radius 3 is 0.427 bits per heavy atom. The van der Waals surface area contributed by atoms with E-state index in [-0.39, 0.29) is 89.8 Å². The lowest BCUT2D eigenvalue weighted by atomic mass is 10.3. The second-order valence-corrected chi connectivity index (χ2v) is 20.8. The van der Waals surface area contributed by atoms with Crippen LogP contribution in [0.25, 0.3) is 0 Å². The molecule has 0 spiro atoms. The summed E-state index contributed by atoms with van der Waals surface area (Å²) in [5.74, 6) is -7.31. The minimum atomic E-state index is -0.833. The number of halogens is 6. The molecule has 0 aliphatic carbocycles. The van der Waals surface area contributed by atoms with Gasteiger partial charge in [-0.2, -0.15) is 63.1 Å². The molecule has 608 valence electrons. The number of rotatable bonds is 15. The SMILES string of the molecule is CC(=O)Cl.CC(=O)Cl.CC(=O)Cl.CC(=O)Cl.CC(=O)Cl.CC(=O)Cl.CC(=O)N[C@H](CS)OC(C)=O.CC(=O)N[C@H](CS)OC(C)=O.CC(=O)O.CC(=O)O.CC(=O)O.CC(=O)O.CC(=O)O.CC(=O)O.COC(=O)[C@@H](CS)NC(C)=O.COC(=O)[C@@H](CS)NC(C)=O.COC(=O)[C@@H](CS)NC(C)=O. The van der Waals surface area contributed by atoms with E-state index in [1.807, 2.05) is 0 Å². The van der Waals surface area contributed by atoms with E-state index in [1.54, 1.807) is 0 Å². The van der Waals surface area contributed by atoms with Gasteiger partial charge in [-0.25, -0.2) is 14.4 Å². The maximum Gasteiger partial charge on any atom is 0.329 e. The fraction of sp³-hybridized carbons (Fsp3) is 0.593. The first kappa shape index (κ1) is 139. The zero-order chi connectivity index (χ0) is 87.2. The summed E-state index contributed by atoms with van der Waals surface area (Å²) in [4.78, 5) is 215. The molecule has 49 heteroatoms. The van der Waals surface area contributed by atoms with Gasteiger partial charge in [0.1, 0.15) is 18.1 Å². The molecule has 0 aliphatic rings. The molecule has 0 unspecified atom stereocenters. The number of carbonyl (C=O) groups excluding carboxylic acids is 16. The summed E-state index contributed by atoms with van der Waals surface area (Å²) in [5.41, 5.74) is 0. The summed E-state index contributed by atoms with van der Waals surface area (Å²) in [6, 6.07) is -1.91. The lowest BCUT2D eigenvalue weighted by molar-refractivity contribution is -0.149. The summed E-state index contributed by atoms with van der Waals surface area (Å²) in [7, 11) is 3.79. The van der Waals surface area contributed by atoms with Crippen LogP contribution in [0, 0.1) is 0 Å². The molecule has 0 radical (unpaired) electrons. The Morgan fingerprint density at radius 1 is 0.262 bits per heavy atom. The number of carbonyl (C=O) groups is 22. The predicted octanol–water partition coefficient (Wildman–Crippen LogP) is 3.84. The number of thiol groups is 5. The summed E-state index contributed by atoms with van der Waals surface area (Å²) >= 11 is 47.2. The highest BCUT2D eigenvalue weighted by Gasteiger charge is 2.19. The number of carboxylic acids is 6. The van der Waals surface area contributed by atoms with Gasteiger partial charge in [0.2, 0.25) is 61.0 Å². The molecule has 0 aromatic rings. The largest absolute Gasteiger partial charge is 0.481 e. The first-order valence-electron chi connectivity index (χ1n) is 26.4. The first-order chi connectivity index (χ1) is 46.2. The van der Waals surface area contributed by atoms with Crippen LogP contribution in [0.3, 0.4) is 0 Å². The lowest BCUT2D eigenvalue weighted by Crippen LogP contribution is -2.41. The second kappa shape index (κ2) is 106. The van der Waals surface area contributed by atoms with Crippen LogP contribution in [0.5, 0.6) is 0 Å². The van der Waals surface area contributed by atoms with Crippen LogP contribution in [0.2, 0.25) is 0 Å². The van der Waals surface area contributed by atoms with Crippen LogP contribution < -0.4 is 26.6 Å². The monoisotopic (exact) mass is 1710 g/mol. The Labute approximate surface area is 653 Å². The fourth-order valence-electron chi connectivity index (χ4n) is 2.78. The number of methoxy groups -OCH3 is 3. The number of carboxylic acid groups (broad SMARTS) is 6. The predicted molar refractivity (Wildman–Crippen MR) is 396 cm³/mol. The standard InChI is InChI=1S/5C6H11NO3S.6C2H3ClO.6C2H4O2/c3*1-4(8)7-5(3-11)6(9)10-2;2*1-4(8)7-6(3-11)10-5(2)9;12*1-2(3)4/h3*5,11H,3H2,1-2H3,(H,7,8);2*6,11H,3H2,1-2H3,(H,7,8);6*1H3;6*1H3,(H,3,4)/t3*5-;2*6-;;;;;;;;;;;;/m11100............/s1. The minimum absolute atomic E-state index is 0.242. The van der Waals surface area contributed by atoms with Crippen LogP contribution in [0.15, 0.2) is 0 Å². The second-order valence-electron chi connectivity index (χ2n) is 15.8. The summed E-state index contributed by atoms with van der Waals surface area (Å²) < 4.78 is 22.5. The van der Waals surface area contributed by atoms with Gasteiger partial charge in [-0.05, 0) is 69.6 Å². The molecule has 0 rings (SSSR count). The zero-order valence-corrected chi connectivity index (χ0v) is 69.1. The minimum Gasteiger partial charge on any atom is -0.481 e. The number of ether oxygens (including phenoxy) is 5. The molecule has 5 atom stereocenters. The van der Waals surface area contributed by atoms with Crippen molar-refractivity contribution in [2.24, 2.45) is 0 Å². The van der Waals surface area contributed by atoms with Gasteiger partial charge in [0.15, 0.2) is 12.5 Å². The maximum atomic E-state index is 10.8. The van der Waals surface area contributed by atoms with Crippen molar-refractivity contribution in [1.29, 1.82) is 0 Å². The average molecular weight is 1720 g/mol. The van der Waals surface area contributed by atoms with Crippen LogP contribution in [-0.2, 0) is 129 Å². The number of nitrogens with one attached hydrogen (secondary N) is 5. The Morgan fingerprint density at radius 2 is 0.369 bits per heavy atom. The molecular formula is C54H97Cl6N5O33S5. The van der Waals surface area contributed by atoms with Gasteiger partial charge < -0.3 is 80.9 Å². The number of aliphatic carboxylic acids is 6. The summed E-state index contributed by atoms with van der Waals surface area (Å²) in [6.07, 6.45) is -1.23. The van der Waals surface area contributed by atoms with Crippen molar-refractivity contribution >= 4 is 259 Å². The normalized spacial score (nSPS) is 9.33. The molecule has 103 heavy (non-hydrogen) atoms. The van der Waals surface area contributed by atoms with Gasteiger partial charge in [-0.1, -0.05) is 0 Å². The van der Waals surface area contributed by atoms with Crippen LogP contribution in [0.4, 0.5) is 0 Å². The van der Waals surface area contributed by atoms with Gasteiger partial charge in [-0.15, -0.1) is 0 Å². The van der Waals surface area contributed by atoms with Gasteiger partial charge >= 0.3 is 29.8 Å². The van der Waals surface area contributed by atoms with Gasteiger partial charge in [0.05, 0.1) is 21.3 Å². The Kier molecular flexibility index (Phi) is 143. The summed E-state index contributed by atoms with van der Waals surface area (Å²) in [6.45, 7) is 23.5. The van der Waals surface area contributed by atoms with Crippen LogP contribution >= 0.6 is 133 Å². The van der Waals surface area contributed by atoms with E-state index in [9.17, 15) is 76.7 Å². The molecule has 0 fully saturated rings. The van der Waals surface area contributed by atoms with E-state index >= 15 is 0 Å². The Bertz CT molecular complexity index is 2000. The van der Waals surface area contributed by atoms with Crippen molar-refractivity contribution in [3.05, 3.63) is 0 Å². The number of esters is 5. The quantitative estimate of drug-likeness (QED) is 0.0364. The topological polar surface area (TPSA) is 603 Å². The summed E-state index contributed by atoms with van der Waals surface area (Å²) in [5, 5.41) is 54.3. The molecular weight excluding hydrogens is 1620 g/mol. The zero-order valence-electron chi connectivity index (χ0n) is 60.1. The number of amides is 5. The third kappa shape index (κ3) is 342. The van der Waals surface area contributed by atoms with Crippen molar-refractivity contribution in [2.45, 2.75) is 162 Å². The molecule has 5 amide bonds. The van der Waals surface area contributed by atoms with E-state index in [4.69, 9.17) is 59.4 Å². The molecule has 0 bridgehead atoms. The highest BCUT2D eigenvalue weighted by Crippen LogP contribution is 1.94. The number of hydrogen-bond donors (Lipinski definition) is 16. The van der Waals surface area contributed by atoms with Gasteiger partial charge in [0, 0.05) is 160 Å². The third-order valence-electron chi connectivity index (χ3n) is 4.81. The third-order valence-corrected chi connectivity index (χ3v) is 6.57. The van der Waals surface area contributed by atoms with Crippen molar-refractivity contribution in [3.8, 4) is 0 Å². The van der Waals surface area contributed by atoms with Gasteiger partial charge in [0.25, 0.3) is 35.8 Å². The van der Waals surface area contributed by atoms with E-state index in [0.717, 1.165) is 41.5 Å².